The molecule has 0 saturated heterocycles. The molecule has 0 spiro atoms. The van der Waals surface area contributed by atoms with Crippen molar-refractivity contribution < 1.29 is 0 Å². The number of hydrogen-bond donors (Lipinski definition) is 0. The first-order valence-electron chi connectivity index (χ1n) is 8.61. The van der Waals surface area contributed by atoms with Crippen LogP contribution in [0.1, 0.15) is 42.2 Å². The SMILES string of the molecule is CC1(C)CCc2ccc(C#Cc3ncc(-c4ccccc4)s3)nc2C1. The van der Waals surface area contributed by atoms with E-state index < -0.39 is 0 Å². The smallest absolute Gasteiger partial charge is 0.167 e. The summed E-state index contributed by atoms with van der Waals surface area (Å²) in [5.74, 6) is 6.36. The Bertz CT molecular complexity index is 958. The third kappa shape index (κ3) is 3.65. The lowest BCUT2D eigenvalue weighted by Gasteiger charge is -2.30. The molecule has 3 heteroatoms. The Morgan fingerprint density at radius 1 is 1.04 bits per heavy atom. The van der Waals surface area contributed by atoms with Crippen molar-refractivity contribution in [2.45, 2.75) is 33.1 Å². The van der Waals surface area contributed by atoms with Crippen molar-refractivity contribution >= 4 is 11.3 Å². The number of hydrogen-bond acceptors (Lipinski definition) is 3. The topological polar surface area (TPSA) is 25.8 Å². The minimum absolute atomic E-state index is 0.339. The van der Waals surface area contributed by atoms with Gasteiger partial charge < -0.3 is 0 Å². The molecule has 0 saturated carbocycles. The lowest BCUT2D eigenvalue weighted by atomic mass is 9.76. The molecular formula is C22H20N2S. The molecule has 0 amide bonds. The van der Waals surface area contributed by atoms with E-state index in [2.05, 4.69) is 48.9 Å². The van der Waals surface area contributed by atoms with Crippen LogP contribution >= 0.6 is 11.3 Å². The first kappa shape index (κ1) is 16.1. The minimum Gasteiger partial charge on any atom is -0.244 e. The molecule has 1 aliphatic carbocycles. The van der Waals surface area contributed by atoms with E-state index in [-0.39, 0.29) is 0 Å². The number of benzene rings is 1. The quantitative estimate of drug-likeness (QED) is 0.573. The maximum atomic E-state index is 4.79. The summed E-state index contributed by atoms with van der Waals surface area (Å²) in [5.41, 5.74) is 4.96. The maximum Gasteiger partial charge on any atom is 0.167 e. The normalized spacial score (nSPS) is 15.1. The number of rotatable bonds is 1. The molecule has 0 atom stereocenters. The van der Waals surface area contributed by atoms with Crippen LogP contribution in [-0.2, 0) is 12.8 Å². The summed E-state index contributed by atoms with van der Waals surface area (Å²) < 4.78 is 0. The zero-order valence-corrected chi connectivity index (χ0v) is 15.4. The van der Waals surface area contributed by atoms with E-state index in [1.54, 1.807) is 11.3 Å². The van der Waals surface area contributed by atoms with Crippen LogP contribution in [0.2, 0.25) is 0 Å². The van der Waals surface area contributed by atoms with E-state index in [0.29, 0.717) is 5.41 Å². The van der Waals surface area contributed by atoms with Crippen LogP contribution < -0.4 is 0 Å². The van der Waals surface area contributed by atoms with Crippen molar-refractivity contribution in [1.82, 2.24) is 9.97 Å². The highest BCUT2D eigenvalue weighted by Gasteiger charge is 2.26. The van der Waals surface area contributed by atoms with E-state index in [9.17, 15) is 0 Å². The molecule has 1 aliphatic rings. The van der Waals surface area contributed by atoms with Crippen molar-refractivity contribution in [2.75, 3.05) is 0 Å². The Morgan fingerprint density at radius 2 is 1.88 bits per heavy atom. The highest BCUT2D eigenvalue weighted by Crippen LogP contribution is 2.33. The summed E-state index contributed by atoms with van der Waals surface area (Å²) in [6.45, 7) is 4.63. The lowest BCUT2D eigenvalue weighted by molar-refractivity contribution is 0.310. The van der Waals surface area contributed by atoms with Gasteiger partial charge in [-0.25, -0.2) is 9.97 Å². The molecule has 0 aliphatic heterocycles. The Kier molecular flexibility index (Phi) is 4.15. The monoisotopic (exact) mass is 344 g/mol. The van der Waals surface area contributed by atoms with Crippen molar-refractivity contribution in [3.05, 3.63) is 70.6 Å². The molecule has 1 aromatic carbocycles. The first-order chi connectivity index (χ1) is 12.1. The number of aryl methyl sites for hydroxylation is 1. The highest BCUT2D eigenvalue weighted by molar-refractivity contribution is 7.15. The van der Waals surface area contributed by atoms with Gasteiger partial charge in [-0.05, 0) is 53.7 Å². The lowest BCUT2D eigenvalue weighted by Crippen LogP contribution is -2.23. The number of fused-ring (bicyclic) bond motifs is 1. The summed E-state index contributed by atoms with van der Waals surface area (Å²) >= 11 is 1.62. The molecule has 2 nitrogen and oxygen atoms in total. The fourth-order valence-corrected chi connectivity index (χ4v) is 3.96. The van der Waals surface area contributed by atoms with E-state index in [4.69, 9.17) is 4.98 Å². The van der Waals surface area contributed by atoms with Gasteiger partial charge in [0.15, 0.2) is 5.01 Å². The first-order valence-corrected chi connectivity index (χ1v) is 9.43. The van der Waals surface area contributed by atoms with Gasteiger partial charge >= 0.3 is 0 Å². The predicted octanol–water partition coefficient (Wildman–Crippen LogP) is 5.12. The van der Waals surface area contributed by atoms with Crippen molar-refractivity contribution in [3.8, 4) is 22.3 Å². The summed E-state index contributed by atoms with van der Waals surface area (Å²) in [7, 11) is 0. The molecule has 0 radical (unpaired) electrons. The molecule has 4 rings (SSSR count). The Morgan fingerprint density at radius 3 is 2.72 bits per heavy atom. The third-order valence-corrected chi connectivity index (χ3v) is 5.61. The fraction of sp³-hybridized carbons (Fsp3) is 0.273. The zero-order valence-electron chi connectivity index (χ0n) is 14.5. The van der Waals surface area contributed by atoms with Crippen molar-refractivity contribution in [1.29, 1.82) is 0 Å². The minimum atomic E-state index is 0.339. The van der Waals surface area contributed by atoms with Crippen molar-refractivity contribution in [3.63, 3.8) is 0 Å². The van der Waals surface area contributed by atoms with Gasteiger partial charge in [0.05, 0.1) is 4.88 Å². The molecule has 2 heterocycles. The second-order valence-electron chi connectivity index (χ2n) is 7.29. The molecular weight excluding hydrogens is 324 g/mol. The van der Waals surface area contributed by atoms with Gasteiger partial charge in [-0.1, -0.05) is 50.2 Å². The average molecular weight is 344 g/mol. The molecule has 0 unspecified atom stereocenters. The number of aromatic nitrogens is 2. The number of thiazole rings is 1. The Hall–Kier alpha value is -2.44. The summed E-state index contributed by atoms with van der Waals surface area (Å²) in [5, 5.41) is 0.832. The van der Waals surface area contributed by atoms with E-state index in [0.717, 1.165) is 28.4 Å². The standard InChI is InChI=1S/C22H20N2S/c1-22(2)13-12-16-8-9-18(24-19(16)14-22)10-11-21-23-15-20(25-21)17-6-4-3-5-7-17/h3-9,15H,12-14H2,1-2H3. The molecule has 0 bridgehead atoms. The fourth-order valence-electron chi connectivity index (χ4n) is 3.18. The van der Waals surface area contributed by atoms with E-state index in [1.807, 2.05) is 30.5 Å². The van der Waals surface area contributed by atoms with Crippen molar-refractivity contribution in [2.24, 2.45) is 5.41 Å². The number of nitrogens with zero attached hydrogens (tertiary/aromatic N) is 2. The third-order valence-electron chi connectivity index (χ3n) is 4.65. The van der Waals surface area contributed by atoms with Gasteiger partial charge in [0.2, 0.25) is 0 Å². The van der Waals surface area contributed by atoms with Crippen LogP contribution in [-0.4, -0.2) is 9.97 Å². The average Bonchev–Trinajstić information content (AvgIpc) is 3.08. The summed E-state index contributed by atoms with van der Waals surface area (Å²) in [6, 6.07) is 14.5. The van der Waals surface area contributed by atoms with Crippen LogP contribution in [0.25, 0.3) is 10.4 Å². The molecule has 3 aromatic rings. The van der Waals surface area contributed by atoms with Crippen LogP contribution in [0.15, 0.2) is 48.7 Å². The predicted molar refractivity (Wildman–Crippen MR) is 104 cm³/mol. The molecule has 2 aromatic heterocycles. The Balaban J connectivity index is 1.57. The largest absolute Gasteiger partial charge is 0.244 e. The molecule has 0 N–H and O–H groups in total. The van der Waals surface area contributed by atoms with Gasteiger partial charge in [0.1, 0.15) is 5.69 Å². The van der Waals surface area contributed by atoms with Gasteiger partial charge in [-0.15, -0.1) is 11.3 Å². The summed E-state index contributed by atoms with van der Waals surface area (Å²) in [6.07, 6.45) is 5.28. The zero-order chi connectivity index (χ0) is 17.3. The van der Waals surface area contributed by atoms with Gasteiger partial charge in [-0.2, -0.15) is 0 Å². The Labute approximate surface area is 153 Å². The van der Waals surface area contributed by atoms with Crippen LogP contribution in [0.4, 0.5) is 0 Å². The van der Waals surface area contributed by atoms with Crippen LogP contribution in [0.5, 0.6) is 0 Å². The van der Waals surface area contributed by atoms with E-state index >= 15 is 0 Å². The van der Waals surface area contributed by atoms with E-state index in [1.165, 1.54) is 23.2 Å². The molecule has 0 fully saturated rings. The second-order valence-corrected chi connectivity index (χ2v) is 8.32. The second kappa shape index (κ2) is 6.46. The van der Waals surface area contributed by atoms with Crippen LogP contribution in [0.3, 0.4) is 0 Å². The maximum absolute atomic E-state index is 4.79. The molecule has 124 valence electrons. The number of pyridine rings is 1. The highest BCUT2D eigenvalue weighted by atomic mass is 32.1. The van der Waals surface area contributed by atoms with Crippen LogP contribution in [0, 0.1) is 17.3 Å². The van der Waals surface area contributed by atoms with Gasteiger partial charge in [-0.3, -0.25) is 0 Å². The summed E-state index contributed by atoms with van der Waals surface area (Å²) in [4.78, 5) is 10.4. The van der Waals surface area contributed by atoms with Gasteiger partial charge in [0, 0.05) is 11.9 Å². The van der Waals surface area contributed by atoms with Gasteiger partial charge in [0.25, 0.3) is 0 Å². The molecule has 25 heavy (non-hydrogen) atoms.